The van der Waals surface area contributed by atoms with Crippen LogP contribution in [0.1, 0.15) is 57.1 Å². The summed E-state index contributed by atoms with van der Waals surface area (Å²) in [5.41, 5.74) is -0.262. The van der Waals surface area contributed by atoms with Gasteiger partial charge in [-0.05, 0) is 67.2 Å². The van der Waals surface area contributed by atoms with Crippen LogP contribution in [0, 0.1) is 28.6 Å². The van der Waals surface area contributed by atoms with Crippen molar-refractivity contribution < 1.29 is 33.8 Å². The molecule has 0 bridgehead atoms. The Morgan fingerprint density at radius 2 is 1.55 bits per heavy atom. The van der Waals surface area contributed by atoms with E-state index in [0.29, 0.717) is 12.8 Å². The molecule has 3 saturated carbocycles. The van der Waals surface area contributed by atoms with Gasteiger partial charge in [-0.1, -0.05) is 86.2 Å². The highest BCUT2D eigenvalue weighted by atomic mass is 16.6. The van der Waals surface area contributed by atoms with E-state index in [0.717, 1.165) is 29.5 Å². The van der Waals surface area contributed by atoms with Gasteiger partial charge < -0.3 is 14.6 Å². The number of hydrogen-bond donors (Lipinski definition) is 1. The molecule has 0 aromatic heterocycles. The predicted molar refractivity (Wildman–Crippen MR) is 163 cm³/mol. The summed E-state index contributed by atoms with van der Waals surface area (Å²) >= 11 is 0. The number of rotatable bonds is 8. The first-order chi connectivity index (χ1) is 21.1. The molecule has 0 amide bonds. The molecule has 1 N–H and O–H groups in total. The van der Waals surface area contributed by atoms with Crippen LogP contribution in [0.4, 0.5) is 0 Å². The summed E-state index contributed by atoms with van der Waals surface area (Å²) in [4.78, 5) is 52.7. The molecule has 7 nitrogen and oxygen atoms in total. The van der Waals surface area contributed by atoms with E-state index in [1.54, 1.807) is 12.2 Å². The highest BCUT2D eigenvalue weighted by Crippen LogP contribution is 2.68. The molecule has 0 spiro atoms. The molecule has 2 aromatic rings. The third kappa shape index (κ3) is 5.15. The molecular weight excluding hydrogens is 556 g/mol. The van der Waals surface area contributed by atoms with Crippen molar-refractivity contribution in [2.45, 2.75) is 70.5 Å². The van der Waals surface area contributed by atoms with Gasteiger partial charge in [0.15, 0.2) is 18.0 Å². The highest BCUT2D eigenvalue weighted by Gasteiger charge is 2.70. The molecule has 44 heavy (non-hydrogen) atoms. The molecule has 4 aliphatic carbocycles. The Balaban J connectivity index is 1.29. The molecule has 4 aliphatic rings. The molecule has 1 unspecified atom stereocenters. The molecular formula is C37H40O7. The van der Waals surface area contributed by atoms with E-state index in [4.69, 9.17) is 9.47 Å². The molecule has 0 radical (unpaired) electrons. The first kappa shape index (κ1) is 30.2. The van der Waals surface area contributed by atoms with Gasteiger partial charge in [0, 0.05) is 16.7 Å². The van der Waals surface area contributed by atoms with Gasteiger partial charge in [0.2, 0.25) is 5.78 Å². The molecule has 0 heterocycles. The molecule has 2 aromatic carbocycles. The quantitative estimate of drug-likeness (QED) is 0.421. The SMILES string of the molecule is C[C@]12C=CC(=O)C=C1CC[C@@H]1[C@@H]2C(O)C[C@@]2(C)[C@H]1CC[C@]2(OC(=O)Cc1ccccc1)C(=O)COC(=O)Cc1ccccc1. The zero-order chi connectivity index (χ0) is 31.1. The summed E-state index contributed by atoms with van der Waals surface area (Å²) in [6, 6.07) is 18.4. The zero-order valence-corrected chi connectivity index (χ0v) is 25.4. The number of carbonyl (C=O) groups excluding carboxylic acids is 4. The monoisotopic (exact) mass is 596 g/mol. The van der Waals surface area contributed by atoms with Crippen LogP contribution >= 0.6 is 0 Å². The third-order valence-electron chi connectivity index (χ3n) is 11.1. The van der Waals surface area contributed by atoms with Crippen molar-refractivity contribution in [2.24, 2.45) is 28.6 Å². The van der Waals surface area contributed by atoms with Gasteiger partial charge in [0.25, 0.3) is 0 Å². The van der Waals surface area contributed by atoms with Crippen molar-refractivity contribution in [3.8, 4) is 0 Å². The van der Waals surface area contributed by atoms with E-state index in [1.165, 1.54) is 0 Å². The normalized spacial score (nSPS) is 33.8. The van der Waals surface area contributed by atoms with Crippen LogP contribution in [-0.4, -0.2) is 46.9 Å². The van der Waals surface area contributed by atoms with Crippen LogP contribution in [-0.2, 0) is 41.5 Å². The second kappa shape index (κ2) is 11.6. The number of ketones is 2. The summed E-state index contributed by atoms with van der Waals surface area (Å²) in [6.07, 6.45) is 7.23. The fraction of sp³-hybridized carbons (Fsp3) is 0.459. The lowest BCUT2D eigenvalue weighted by molar-refractivity contribution is -0.200. The van der Waals surface area contributed by atoms with Crippen LogP contribution in [0.25, 0.3) is 0 Å². The second-order valence-electron chi connectivity index (χ2n) is 13.5. The third-order valence-corrected chi connectivity index (χ3v) is 11.1. The maximum absolute atomic E-state index is 14.3. The molecule has 7 heteroatoms. The number of hydrogen-bond acceptors (Lipinski definition) is 7. The van der Waals surface area contributed by atoms with Gasteiger partial charge in [-0.3, -0.25) is 19.2 Å². The van der Waals surface area contributed by atoms with Crippen molar-refractivity contribution in [1.29, 1.82) is 0 Å². The number of benzene rings is 2. The Labute approximate surface area is 258 Å². The molecule has 0 saturated heterocycles. The van der Waals surface area contributed by atoms with Gasteiger partial charge in [0.05, 0.1) is 18.9 Å². The fourth-order valence-corrected chi connectivity index (χ4v) is 9.07. The van der Waals surface area contributed by atoms with Crippen LogP contribution in [0.2, 0.25) is 0 Å². The number of aliphatic hydroxyl groups excluding tert-OH is 1. The van der Waals surface area contributed by atoms with E-state index >= 15 is 0 Å². The van der Waals surface area contributed by atoms with Crippen LogP contribution in [0.3, 0.4) is 0 Å². The van der Waals surface area contributed by atoms with Crippen molar-refractivity contribution in [3.05, 3.63) is 95.6 Å². The number of esters is 2. The Hall–Kier alpha value is -3.84. The number of fused-ring (bicyclic) bond motifs is 5. The minimum Gasteiger partial charge on any atom is -0.457 e. The number of ether oxygens (including phenoxy) is 2. The molecule has 7 atom stereocenters. The van der Waals surface area contributed by atoms with E-state index < -0.39 is 46.9 Å². The van der Waals surface area contributed by atoms with Gasteiger partial charge >= 0.3 is 11.9 Å². The topological polar surface area (TPSA) is 107 Å². The lowest BCUT2D eigenvalue weighted by atomic mass is 9.46. The molecule has 3 fully saturated rings. The number of Topliss-reactive ketones (excluding diaryl/α,β-unsaturated/α-hetero) is 1. The Morgan fingerprint density at radius 1 is 0.909 bits per heavy atom. The van der Waals surface area contributed by atoms with Gasteiger partial charge in [-0.2, -0.15) is 0 Å². The largest absolute Gasteiger partial charge is 0.457 e. The summed E-state index contributed by atoms with van der Waals surface area (Å²) in [7, 11) is 0. The summed E-state index contributed by atoms with van der Waals surface area (Å²) in [6.45, 7) is 3.56. The van der Waals surface area contributed by atoms with E-state index in [9.17, 15) is 24.3 Å². The van der Waals surface area contributed by atoms with Crippen LogP contribution in [0.15, 0.2) is 84.5 Å². The van der Waals surface area contributed by atoms with Crippen molar-refractivity contribution in [3.63, 3.8) is 0 Å². The number of aliphatic hydroxyl groups is 1. The summed E-state index contributed by atoms with van der Waals surface area (Å²) < 4.78 is 11.8. The molecule has 0 aliphatic heterocycles. The van der Waals surface area contributed by atoms with Gasteiger partial charge in [0.1, 0.15) is 0 Å². The fourth-order valence-electron chi connectivity index (χ4n) is 9.07. The Morgan fingerprint density at radius 3 is 2.20 bits per heavy atom. The highest BCUT2D eigenvalue weighted by molar-refractivity contribution is 6.01. The average molecular weight is 597 g/mol. The number of allylic oxidation sites excluding steroid dienone is 4. The lowest BCUT2D eigenvalue weighted by Crippen LogP contribution is -2.63. The number of carbonyl (C=O) groups is 4. The first-order valence-electron chi connectivity index (χ1n) is 15.7. The summed E-state index contributed by atoms with van der Waals surface area (Å²) in [5.74, 6) is -1.59. The molecule has 6 rings (SSSR count). The van der Waals surface area contributed by atoms with E-state index in [-0.39, 0.29) is 42.8 Å². The van der Waals surface area contributed by atoms with Gasteiger partial charge in [-0.25, -0.2) is 0 Å². The minimum absolute atomic E-state index is 0.00404. The van der Waals surface area contributed by atoms with Crippen molar-refractivity contribution >= 4 is 23.5 Å². The van der Waals surface area contributed by atoms with Gasteiger partial charge in [-0.15, -0.1) is 0 Å². The van der Waals surface area contributed by atoms with E-state index in [2.05, 4.69) is 6.92 Å². The van der Waals surface area contributed by atoms with Crippen LogP contribution < -0.4 is 0 Å². The van der Waals surface area contributed by atoms with Crippen molar-refractivity contribution in [1.82, 2.24) is 0 Å². The minimum atomic E-state index is -1.54. The average Bonchev–Trinajstić information content (AvgIpc) is 3.29. The smallest absolute Gasteiger partial charge is 0.311 e. The maximum Gasteiger partial charge on any atom is 0.311 e. The zero-order valence-electron chi connectivity index (χ0n) is 25.4. The predicted octanol–water partition coefficient (Wildman–Crippen LogP) is 5.14. The van der Waals surface area contributed by atoms with Crippen molar-refractivity contribution in [2.75, 3.05) is 6.61 Å². The lowest BCUT2D eigenvalue weighted by Gasteiger charge is -2.59. The second-order valence-corrected chi connectivity index (χ2v) is 13.5. The Kier molecular flexibility index (Phi) is 7.95. The first-order valence-corrected chi connectivity index (χ1v) is 15.7. The summed E-state index contributed by atoms with van der Waals surface area (Å²) in [5, 5.41) is 11.9. The standard InChI is InChI=1S/C37H40O7/c1-35-17-15-27(38)21-26(35)13-14-28-29-16-18-37(36(29,2)22-30(39)34(28)35,44-33(42)20-25-11-7-4-8-12-25)31(40)23-43-32(41)19-24-9-5-3-6-10-24/h3-12,15,17,21,28-30,34,39H,13-14,16,18-20,22-23H2,1-2H3/t28-,29-,30?,34+,35-,36-,37-/m0/s1. The van der Waals surface area contributed by atoms with E-state index in [1.807, 2.05) is 73.7 Å². The van der Waals surface area contributed by atoms with Crippen LogP contribution in [0.5, 0.6) is 0 Å². The molecule has 230 valence electrons. The maximum atomic E-state index is 14.3. The Bertz CT molecular complexity index is 1510.